The molecule has 2 aromatic rings. The molecule has 0 aromatic heterocycles. The molecule has 0 spiro atoms. The van der Waals surface area contributed by atoms with E-state index in [2.05, 4.69) is 5.32 Å². The molecule has 0 saturated heterocycles. The van der Waals surface area contributed by atoms with Crippen molar-refractivity contribution < 1.29 is 18.0 Å². The number of benzene rings is 2. The number of anilines is 1. The van der Waals surface area contributed by atoms with E-state index in [1.54, 1.807) is 37.3 Å². The maximum atomic E-state index is 13.8. The third-order valence-corrected chi connectivity index (χ3v) is 7.71. The first-order valence-corrected chi connectivity index (χ1v) is 13.3. The minimum absolute atomic E-state index is 0.133. The van der Waals surface area contributed by atoms with Gasteiger partial charge in [0, 0.05) is 32.2 Å². The molecule has 10 heteroatoms. The van der Waals surface area contributed by atoms with Crippen LogP contribution in [0.4, 0.5) is 5.69 Å². The van der Waals surface area contributed by atoms with Crippen LogP contribution in [-0.4, -0.2) is 62.7 Å². The predicted molar refractivity (Wildman–Crippen MR) is 141 cm³/mol. The Hall–Kier alpha value is -2.62. The van der Waals surface area contributed by atoms with Gasteiger partial charge in [-0.3, -0.25) is 9.59 Å². The van der Waals surface area contributed by atoms with Crippen LogP contribution >= 0.6 is 11.6 Å². The van der Waals surface area contributed by atoms with Crippen LogP contribution < -0.4 is 9.62 Å². The van der Waals surface area contributed by atoms with Crippen molar-refractivity contribution in [3.63, 3.8) is 0 Å². The highest BCUT2D eigenvalue weighted by Crippen LogP contribution is 2.26. The zero-order valence-corrected chi connectivity index (χ0v) is 22.8. The average Bonchev–Trinajstić information content (AvgIpc) is 2.80. The van der Waals surface area contributed by atoms with Gasteiger partial charge in [-0.05, 0) is 62.1 Å². The van der Waals surface area contributed by atoms with E-state index in [0.717, 1.165) is 19.7 Å². The monoisotopic (exact) mass is 522 g/mol. The van der Waals surface area contributed by atoms with Gasteiger partial charge in [-0.25, -0.2) is 4.31 Å². The smallest absolute Gasteiger partial charge is 0.304 e. The van der Waals surface area contributed by atoms with Crippen molar-refractivity contribution in [2.45, 2.75) is 46.7 Å². The van der Waals surface area contributed by atoms with Crippen molar-refractivity contribution in [1.29, 1.82) is 0 Å². The van der Waals surface area contributed by atoms with Gasteiger partial charge in [-0.1, -0.05) is 42.8 Å². The van der Waals surface area contributed by atoms with E-state index >= 15 is 0 Å². The van der Waals surface area contributed by atoms with Gasteiger partial charge in [0.15, 0.2) is 0 Å². The summed E-state index contributed by atoms with van der Waals surface area (Å²) in [6.45, 7) is 7.39. The Labute approximate surface area is 214 Å². The molecule has 0 bridgehead atoms. The number of amides is 2. The summed E-state index contributed by atoms with van der Waals surface area (Å²) in [6.07, 6.45) is 0.370. The quantitative estimate of drug-likeness (QED) is 0.489. The Morgan fingerprint density at radius 1 is 1.03 bits per heavy atom. The lowest BCUT2D eigenvalue weighted by atomic mass is 10.1. The van der Waals surface area contributed by atoms with Gasteiger partial charge in [0.2, 0.25) is 11.8 Å². The molecule has 1 atom stereocenters. The van der Waals surface area contributed by atoms with Crippen molar-refractivity contribution in [3.05, 3.63) is 64.2 Å². The van der Waals surface area contributed by atoms with Crippen LogP contribution in [0.3, 0.4) is 0 Å². The first kappa shape index (κ1) is 28.6. The van der Waals surface area contributed by atoms with E-state index in [0.29, 0.717) is 29.2 Å². The Morgan fingerprint density at radius 2 is 1.66 bits per heavy atom. The van der Waals surface area contributed by atoms with Gasteiger partial charge in [-0.2, -0.15) is 12.7 Å². The highest BCUT2D eigenvalue weighted by molar-refractivity contribution is 7.90. The largest absolute Gasteiger partial charge is 0.355 e. The van der Waals surface area contributed by atoms with E-state index < -0.39 is 28.7 Å². The number of hydrogen-bond donors (Lipinski definition) is 1. The first-order chi connectivity index (χ1) is 16.4. The third-order valence-electron chi connectivity index (χ3n) is 5.66. The fourth-order valence-electron chi connectivity index (χ4n) is 3.69. The van der Waals surface area contributed by atoms with Gasteiger partial charge in [-0.15, -0.1) is 0 Å². The number of nitrogens with zero attached hydrogens (tertiary/aromatic N) is 3. The number of likely N-dealkylation sites (N-methyl/N-ethyl adjacent to an activating group) is 1. The van der Waals surface area contributed by atoms with Gasteiger partial charge in [0.1, 0.15) is 12.6 Å². The fraction of sp³-hybridized carbons (Fsp3) is 0.440. The topological polar surface area (TPSA) is 90.0 Å². The molecule has 0 aliphatic rings. The minimum atomic E-state index is -4.00. The number of rotatable bonds is 11. The van der Waals surface area contributed by atoms with E-state index in [-0.39, 0.29) is 12.5 Å². The molecule has 0 radical (unpaired) electrons. The molecule has 2 aromatic carbocycles. The summed E-state index contributed by atoms with van der Waals surface area (Å²) in [6, 6.07) is 11.7. The maximum absolute atomic E-state index is 13.8. The number of aryl methyl sites for hydroxylation is 2. The van der Waals surface area contributed by atoms with Crippen LogP contribution in [0.1, 0.15) is 37.0 Å². The standard InChI is InChI=1S/C25H35ClN4O4S/c1-7-22(25(32)27-8-2)29(16-20-11-13-21(26)14-12-20)24(31)17-30(35(33,34)28(5)6)23-15-18(3)9-10-19(23)4/h9-15,22H,7-8,16-17H2,1-6H3,(H,27,32)/t22-/m0/s1. The highest BCUT2D eigenvalue weighted by Gasteiger charge is 2.34. The van der Waals surface area contributed by atoms with Crippen LogP contribution in [-0.2, 0) is 26.3 Å². The normalized spacial score (nSPS) is 12.3. The summed E-state index contributed by atoms with van der Waals surface area (Å²) in [5, 5.41) is 3.34. The Kier molecular flexibility index (Phi) is 10.1. The molecule has 192 valence electrons. The van der Waals surface area contributed by atoms with Crippen LogP contribution in [0.15, 0.2) is 42.5 Å². The lowest BCUT2D eigenvalue weighted by molar-refractivity contribution is -0.140. The molecule has 0 aliphatic heterocycles. The van der Waals surface area contributed by atoms with Crippen molar-refractivity contribution in [2.24, 2.45) is 0 Å². The van der Waals surface area contributed by atoms with Crippen molar-refractivity contribution in [1.82, 2.24) is 14.5 Å². The zero-order chi connectivity index (χ0) is 26.3. The molecular weight excluding hydrogens is 488 g/mol. The first-order valence-electron chi connectivity index (χ1n) is 11.5. The van der Waals surface area contributed by atoms with Crippen molar-refractivity contribution in [2.75, 3.05) is 31.5 Å². The number of carbonyl (C=O) groups excluding carboxylic acids is 2. The molecule has 0 aliphatic carbocycles. The SMILES string of the molecule is CCNC(=O)[C@H](CC)N(Cc1ccc(Cl)cc1)C(=O)CN(c1cc(C)ccc1C)S(=O)(=O)N(C)C. The second-order valence-electron chi connectivity index (χ2n) is 8.55. The molecular formula is C25H35ClN4O4S. The molecule has 0 fully saturated rings. The Balaban J connectivity index is 2.54. The van der Waals surface area contributed by atoms with Crippen molar-refractivity contribution in [3.8, 4) is 0 Å². The number of carbonyl (C=O) groups is 2. The molecule has 0 unspecified atom stereocenters. The van der Waals surface area contributed by atoms with Crippen LogP contribution in [0.2, 0.25) is 5.02 Å². The molecule has 8 nitrogen and oxygen atoms in total. The molecule has 1 N–H and O–H groups in total. The van der Waals surface area contributed by atoms with Crippen LogP contribution in [0.5, 0.6) is 0 Å². The van der Waals surface area contributed by atoms with Gasteiger partial charge in [0.05, 0.1) is 5.69 Å². The van der Waals surface area contributed by atoms with E-state index in [9.17, 15) is 18.0 Å². The molecule has 2 amide bonds. The second kappa shape index (κ2) is 12.4. The van der Waals surface area contributed by atoms with E-state index in [4.69, 9.17) is 11.6 Å². The summed E-state index contributed by atoms with van der Waals surface area (Å²) in [5.41, 5.74) is 2.78. The van der Waals surface area contributed by atoms with Crippen LogP contribution in [0, 0.1) is 13.8 Å². The lowest BCUT2D eigenvalue weighted by Gasteiger charge is -2.34. The third kappa shape index (κ3) is 7.19. The minimum Gasteiger partial charge on any atom is -0.355 e. The van der Waals surface area contributed by atoms with Gasteiger partial charge in [0.25, 0.3) is 0 Å². The number of hydrogen-bond acceptors (Lipinski definition) is 4. The fourth-order valence-corrected chi connectivity index (χ4v) is 4.93. The molecule has 35 heavy (non-hydrogen) atoms. The number of nitrogens with one attached hydrogen (secondary N) is 1. The summed E-state index contributed by atoms with van der Waals surface area (Å²) < 4.78 is 28.8. The van der Waals surface area contributed by atoms with Crippen molar-refractivity contribution >= 4 is 39.3 Å². The highest BCUT2D eigenvalue weighted by atomic mass is 35.5. The zero-order valence-electron chi connectivity index (χ0n) is 21.2. The van der Waals surface area contributed by atoms with E-state index in [1.807, 2.05) is 32.9 Å². The summed E-state index contributed by atoms with van der Waals surface area (Å²) in [4.78, 5) is 28.1. The van der Waals surface area contributed by atoms with Gasteiger partial charge < -0.3 is 10.2 Å². The summed E-state index contributed by atoms with van der Waals surface area (Å²) >= 11 is 6.01. The molecule has 0 saturated carbocycles. The average molecular weight is 523 g/mol. The van der Waals surface area contributed by atoms with Gasteiger partial charge >= 0.3 is 10.2 Å². The summed E-state index contributed by atoms with van der Waals surface area (Å²) in [5.74, 6) is -0.768. The predicted octanol–water partition coefficient (Wildman–Crippen LogP) is 3.51. The van der Waals surface area contributed by atoms with E-state index in [1.165, 1.54) is 19.0 Å². The summed E-state index contributed by atoms with van der Waals surface area (Å²) in [7, 11) is -1.15. The van der Waals surface area contributed by atoms with Crippen LogP contribution in [0.25, 0.3) is 0 Å². The Morgan fingerprint density at radius 3 is 2.20 bits per heavy atom. The molecule has 2 rings (SSSR count). The Bertz CT molecular complexity index is 1140. The maximum Gasteiger partial charge on any atom is 0.304 e. The second-order valence-corrected chi connectivity index (χ2v) is 11.1. The lowest BCUT2D eigenvalue weighted by Crippen LogP contribution is -2.53. The number of halogens is 1. The molecule has 0 heterocycles.